The molecule has 0 aliphatic carbocycles. The lowest BCUT2D eigenvalue weighted by molar-refractivity contribution is 0.601. The highest BCUT2D eigenvalue weighted by molar-refractivity contribution is 7.92. The minimum absolute atomic E-state index is 0.120. The summed E-state index contributed by atoms with van der Waals surface area (Å²) in [5, 5.41) is 6.80. The van der Waals surface area contributed by atoms with Crippen molar-refractivity contribution >= 4 is 56.0 Å². The lowest BCUT2D eigenvalue weighted by atomic mass is 10.3. The molecule has 0 unspecified atom stereocenters. The van der Waals surface area contributed by atoms with Crippen molar-refractivity contribution in [2.24, 2.45) is 0 Å². The molecule has 0 radical (unpaired) electrons. The monoisotopic (exact) mass is 417 g/mol. The number of thiocarbonyl (C=S) groups is 1. The Labute approximate surface area is 168 Å². The second-order valence-electron chi connectivity index (χ2n) is 5.55. The molecule has 5 nitrogen and oxygen atoms in total. The van der Waals surface area contributed by atoms with Gasteiger partial charge in [-0.3, -0.25) is 4.72 Å². The van der Waals surface area contributed by atoms with E-state index in [1.165, 1.54) is 12.1 Å². The van der Waals surface area contributed by atoms with Gasteiger partial charge >= 0.3 is 0 Å². The highest BCUT2D eigenvalue weighted by Gasteiger charge is 2.15. The molecule has 27 heavy (non-hydrogen) atoms. The normalized spacial score (nSPS) is 10.9. The summed E-state index contributed by atoms with van der Waals surface area (Å²) in [4.78, 5) is 0.120. The van der Waals surface area contributed by atoms with E-state index in [1.54, 1.807) is 36.4 Å². The summed E-state index contributed by atoms with van der Waals surface area (Å²) in [7, 11) is -3.74. The zero-order valence-corrected chi connectivity index (χ0v) is 16.4. The van der Waals surface area contributed by atoms with Crippen LogP contribution in [0.1, 0.15) is 0 Å². The van der Waals surface area contributed by atoms with Crippen molar-refractivity contribution in [1.82, 2.24) is 0 Å². The highest BCUT2D eigenvalue weighted by atomic mass is 35.5. The molecular weight excluding hydrogens is 402 g/mol. The fourth-order valence-corrected chi connectivity index (χ4v) is 3.83. The molecule has 0 aliphatic rings. The van der Waals surface area contributed by atoms with E-state index in [9.17, 15) is 8.42 Å². The van der Waals surface area contributed by atoms with Gasteiger partial charge in [-0.2, -0.15) is 0 Å². The molecule has 8 heteroatoms. The van der Waals surface area contributed by atoms with Gasteiger partial charge in [0, 0.05) is 11.4 Å². The van der Waals surface area contributed by atoms with E-state index >= 15 is 0 Å². The lowest BCUT2D eigenvalue weighted by Crippen LogP contribution is -2.19. The topological polar surface area (TPSA) is 70.2 Å². The molecule has 0 saturated heterocycles. The van der Waals surface area contributed by atoms with Crippen LogP contribution in [0.3, 0.4) is 0 Å². The van der Waals surface area contributed by atoms with Gasteiger partial charge in [0.15, 0.2) is 5.11 Å². The van der Waals surface area contributed by atoms with Gasteiger partial charge in [0.25, 0.3) is 10.0 Å². The van der Waals surface area contributed by atoms with Gasteiger partial charge in [-0.05, 0) is 60.7 Å². The summed E-state index contributed by atoms with van der Waals surface area (Å²) in [6.45, 7) is 0. The molecule has 3 aromatic rings. The molecule has 0 fully saturated rings. The zero-order valence-electron chi connectivity index (χ0n) is 14.0. The maximum absolute atomic E-state index is 12.5. The van der Waals surface area contributed by atoms with Crippen molar-refractivity contribution in [1.29, 1.82) is 0 Å². The van der Waals surface area contributed by atoms with Crippen molar-refractivity contribution < 1.29 is 8.42 Å². The summed E-state index contributed by atoms with van der Waals surface area (Å²) in [5.74, 6) is 0. The predicted octanol–water partition coefficient (Wildman–Crippen LogP) is 4.95. The predicted molar refractivity (Wildman–Crippen MR) is 115 cm³/mol. The smallest absolute Gasteiger partial charge is 0.261 e. The van der Waals surface area contributed by atoms with Crippen LogP contribution in [0.2, 0.25) is 5.02 Å². The SMILES string of the molecule is O=S(=O)(Nc1ccccc1Cl)c1ccc(NC(=S)Nc2ccccc2)cc1. The van der Waals surface area contributed by atoms with Gasteiger partial charge < -0.3 is 10.6 Å². The third kappa shape index (κ3) is 5.19. The van der Waals surface area contributed by atoms with Crippen molar-refractivity contribution in [3.63, 3.8) is 0 Å². The van der Waals surface area contributed by atoms with Crippen molar-refractivity contribution in [2.75, 3.05) is 15.4 Å². The fraction of sp³-hybridized carbons (Fsp3) is 0. The molecule has 0 aliphatic heterocycles. The Bertz CT molecular complexity index is 1040. The summed E-state index contributed by atoms with van der Waals surface area (Å²) >= 11 is 11.3. The van der Waals surface area contributed by atoms with Gasteiger partial charge in [-0.15, -0.1) is 0 Å². The van der Waals surface area contributed by atoms with Crippen LogP contribution in [0.15, 0.2) is 83.8 Å². The fourth-order valence-electron chi connectivity index (χ4n) is 2.28. The summed E-state index contributed by atoms with van der Waals surface area (Å²) < 4.78 is 27.5. The molecule has 3 N–H and O–H groups in total. The van der Waals surface area contributed by atoms with E-state index in [1.807, 2.05) is 30.3 Å². The van der Waals surface area contributed by atoms with Crippen LogP contribution >= 0.6 is 23.8 Å². The number of nitrogens with one attached hydrogen (secondary N) is 3. The number of hydrogen-bond acceptors (Lipinski definition) is 3. The van der Waals surface area contributed by atoms with Gasteiger partial charge in [-0.1, -0.05) is 41.9 Å². The molecule has 138 valence electrons. The first kappa shape index (κ1) is 19.2. The lowest BCUT2D eigenvalue weighted by Gasteiger charge is -2.12. The van der Waals surface area contributed by atoms with Crippen LogP contribution in [0.5, 0.6) is 0 Å². The second kappa shape index (κ2) is 8.39. The molecule has 0 spiro atoms. The van der Waals surface area contributed by atoms with E-state index in [0.717, 1.165) is 5.69 Å². The molecule has 0 aromatic heterocycles. The van der Waals surface area contributed by atoms with Crippen LogP contribution in [-0.2, 0) is 10.0 Å². The Balaban J connectivity index is 1.67. The largest absolute Gasteiger partial charge is 0.332 e. The van der Waals surface area contributed by atoms with Crippen LogP contribution in [-0.4, -0.2) is 13.5 Å². The van der Waals surface area contributed by atoms with Crippen molar-refractivity contribution in [2.45, 2.75) is 4.90 Å². The number of anilines is 3. The molecular formula is C19H16ClN3O2S2. The first-order valence-electron chi connectivity index (χ1n) is 7.94. The van der Waals surface area contributed by atoms with Gasteiger partial charge in [-0.25, -0.2) is 8.42 Å². The first-order chi connectivity index (χ1) is 12.9. The number of hydrogen-bond donors (Lipinski definition) is 3. The molecule has 0 amide bonds. The number of halogens is 1. The Hall–Kier alpha value is -2.61. The Kier molecular flexibility index (Phi) is 5.95. The minimum Gasteiger partial charge on any atom is -0.332 e. The molecule has 0 atom stereocenters. The second-order valence-corrected chi connectivity index (χ2v) is 8.05. The van der Waals surface area contributed by atoms with Gasteiger partial charge in [0.05, 0.1) is 15.6 Å². The minimum atomic E-state index is -3.74. The molecule has 3 rings (SSSR count). The maximum Gasteiger partial charge on any atom is 0.261 e. The van der Waals surface area contributed by atoms with Crippen molar-refractivity contribution in [3.05, 3.63) is 83.9 Å². The number of para-hydroxylation sites is 2. The third-order valence-electron chi connectivity index (χ3n) is 3.57. The number of rotatable bonds is 5. The first-order valence-corrected chi connectivity index (χ1v) is 10.2. The van der Waals surface area contributed by atoms with Gasteiger partial charge in [0.1, 0.15) is 0 Å². The zero-order chi connectivity index (χ0) is 19.3. The average Bonchev–Trinajstić information content (AvgIpc) is 2.65. The molecule has 3 aromatic carbocycles. The van der Waals surface area contributed by atoms with Crippen LogP contribution in [0.4, 0.5) is 17.1 Å². The maximum atomic E-state index is 12.5. The van der Waals surface area contributed by atoms with Crippen molar-refractivity contribution in [3.8, 4) is 0 Å². The van der Waals surface area contributed by atoms with E-state index in [2.05, 4.69) is 15.4 Å². The van der Waals surface area contributed by atoms with E-state index in [-0.39, 0.29) is 4.90 Å². The summed E-state index contributed by atoms with van der Waals surface area (Å²) in [5.41, 5.74) is 1.85. The third-order valence-corrected chi connectivity index (χ3v) is 5.49. The Morgan fingerprint density at radius 1 is 0.778 bits per heavy atom. The summed E-state index contributed by atoms with van der Waals surface area (Å²) in [6.07, 6.45) is 0. The highest BCUT2D eigenvalue weighted by Crippen LogP contribution is 2.24. The van der Waals surface area contributed by atoms with Crippen LogP contribution < -0.4 is 15.4 Å². The quantitative estimate of drug-likeness (QED) is 0.512. The van der Waals surface area contributed by atoms with Gasteiger partial charge in [0.2, 0.25) is 0 Å². The van der Waals surface area contributed by atoms with E-state index < -0.39 is 10.0 Å². The standard InChI is InChI=1S/C19H16ClN3O2S2/c20-17-8-4-5-9-18(17)23-27(24,25)16-12-10-15(11-13-16)22-19(26)21-14-6-2-1-3-7-14/h1-13,23H,(H2,21,22,26). The number of benzene rings is 3. The van der Waals surface area contributed by atoms with Crippen LogP contribution in [0, 0.1) is 0 Å². The molecule has 0 saturated carbocycles. The Morgan fingerprint density at radius 3 is 1.96 bits per heavy atom. The average molecular weight is 418 g/mol. The summed E-state index contributed by atoms with van der Waals surface area (Å²) in [6, 6.07) is 22.4. The van der Waals surface area contributed by atoms with E-state index in [0.29, 0.717) is 21.5 Å². The van der Waals surface area contributed by atoms with Crippen LogP contribution in [0.25, 0.3) is 0 Å². The molecule has 0 heterocycles. The number of sulfonamides is 1. The van der Waals surface area contributed by atoms with E-state index in [4.69, 9.17) is 23.8 Å². The Morgan fingerprint density at radius 2 is 1.33 bits per heavy atom. The molecule has 0 bridgehead atoms.